The zero-order valence-electron chi connectivity index (χ0n) is 16.1. The number of ether oxygens (including phenoxy) is 1. The Balaban J connectivity index is 1.65. The number of esters is 1. The topological polar surface area (TPSA) is 74.1 Å². The molecule has 0 aliphatic heterocycles. The van der Waals surface area contributed by atoms with Gasteiger partial charge in [-0.2, -0.15) is 0 Å². The first kappa shape index (κ1) is 18.8. The molecule has 0 N–H and O–H groups in total. The highest BCUT2D eigenvalue weighted by Gasteiger charge is 2.23. The van der Waals surface area contributed by atoms with E-state index in [0.29, 0.717) is 18.1 Å². The highest BCUT2D eigenvalue weighted by atomic mass is 32.1. The molecular formula is C21H23N3O3S. The molecule has 2 heterocycles. The Bertz CT molecular complexity index is 1090. The fourth-order valence-electron chi connectivity index (χ4n) is 3.64. The summed E-state index contributed by atoms with van der Waals surface area (Å²) in [5, 5.41) is 9.17. The minimum atomic E-state index is -0.349. The van der Waals surface area contributed by atoms with Crippen LogP contribution >= 0.6 is 11.3 Å². The molecule has 7 heteroatoms. The van der Waals surface area contributed by atoms with Gasteiger partial charge in [0, 0.05) is 4.88 Å². The van der Waals surface area contributed by atoms with Gasteiger partial charge < -0.3 is 4.74 Å². The van der Waals surface area contributed by atoms with E-state index in [0.717, 1.165) is 47.0 Å². The van der Waals surface area contributed by atoms with Crippen LogP contribution in [0.25, 0.3) is 10.2 Å². The van der Waals surface area contributed by atoms with Crippen molar-refractivity contribution in [3.63, 3.8) is 0 Å². The Morgan fingerprint density at radius 1 is 1.39 bits per heavy atom. The summed E-state index contributed by atoms with van der Waals surface area (Å²) >= 11 is 1.60. The fourth-order valence-corrected chi connectivity index (χ4v) is 4.96. The van der Waals surface area contributed by atoms with Gasteiger partial charge in [-0.1, -0.05) is 31.2 Å². The molecule has 1 atom stereocenters. The molecule has 0 bridgehead atoms. The number of carbonyl (C=O) groups excluding carboxylic acids is 1. The van der Waals surface area contributed by atoms with Crippen LogP contribution in [0.4, 0.5) is 0 Å². The molecule has 0 amide bonds. The molecule has 0 spiro atoms. The summed E-state index contributed by atoms with van der Waals surface area (Å²) in [4.78, 5) is 27.2. The van der Waals surface area contributed by atoms with Gasteiger partial charge in [-0.3, -0.25) is 4.79 Å². The maximum atomic E-state index is 13.1. The van der Waals surface area contributed by atoms with Gasteiger partial charge >= 0.3 is 5.97 Å². The third kappa shape index (κ3) is 3.58. The van der Waals surface area contributed by atoms with Crippen molar-refractivity contribution < 1.29 is 9.53 Å². The number of hydrogen-bond donors (Lipinski definition) is 0. The van der Waals surface area contributed by atoms with Gasteiger partial charge in [0.1, 0.15) is 0 Å². The van der Waals surface area contributed by atoms with E-state index in [1.54, 1.807) is 29.5 Å². The minimum Gasteiger partial charge on any atom is -0.462 e. The molecule has 1 aromatic carbocycles. The van der Waals surface area contributed by atoms with Crippen LogP contribution in [0, 0.1) is 5.92 Å². The number of aryl methyl sites for hydroxylation is 1. The summed E-state index contributed by atoms with van der Waals surface area (Å²) in [6, 6.07) is 7.14. The molecule has 0 radical (unpaired) electrons. The first-order valence-electron chi connectivity index (χ1n) is 9.71. The molecule has 0 fully saturated rings. The van der Waals surface area contributed by atoms with Crippen LogP contribution in [0.2, 0.25) is 0 Å². The van der Waals surface area contributed by atoms with Crippen LogP contribution in [0.15, 0.2) is 29.1 Å². The summed E-state index contributed by atoms with van der Waals surface area (Å²) < 4.78 is 6.58. The molecule has 146 valence electrons. The summed E-state index contributed by atoms with van der Waals surface area (Å²) in [5.74, 6) is 0.296. The second kappa shape index (κ2) is 7.83. The van der Waals surface area contributed by atoms with Crippen LogP contribution in [0.5, 0.6) is 0 Å². The number of fused-ring (bicyclic) bond motifs is 3. The number of thiophene rings is 1. The van der Waals surface area contributed by atoms with Gasteiger partial charge in [0.15, 0.2) is 4.83 Å². The lowest BCUT2D eigenvalue weighted by molar-refractivity contribution is 0.0505. The molecule has 3 aromatic rings. The van der Waals surface area contributed by atoms with E-state index in [1.807, 2.05) is 13.0 Å². The number of benzene rings is 1. The average molecular weight is 398 g/mol. The number of carbonyl (C=O) groups is 1. The first-order chi connectivity index (χ1) is 13.6. The maximum Gasteiger partial charge on any atom is 0.338 e. The molecule has 0 saturated heterocycles. The highest BCUT2D eigenvalue weighted by molar-refractivity contribution is 7.18. The second-order valence-corrected chi connectivity index (χ2v) is 8.50. The predicted molar refractivity (Wildman–Crippen MR) is 109 cm³/mol. The smallest absolute Gasteiger partial charge is 0.338 e. The maximum absolute atomic E-state index is 13.1. The molecule has 0 saturated carbocycles. The van der Waals surface area contributed by atoms with Gasteiger partial charge in [-0.15, -0.1) is 16.4 Å². The van der Waals surface area contributed by atoms with Crippen LogP contribution in [-0.4, -0.2) is 27.6 Å². The SMILES string of the molecule is CCCOC(=O)c1cccc(Cn2nnc3sc4c(c3c2=O)CCC(C)C4)c1. The number of rotatable bonds is 5. The zero-order chi connectivity index (χ0) is 19.7. The molecule has 6 nitrogen and oxygen atoms in total. The first-order valence-corrected chi connectivity index (χ1v) is 10.5. The standard InChI is InChI=1S/C21H23N3O3S/c1-3-9-27-21(26)15-6-4-5-14(11-15)12-24-20(25)18-16-8-7-13(2)10-17(16)28-19(18)22-23-24/h4-6,11,13H,3,7-10,12H2,1-2H3. The minimum absolute atomic E-state index is 0.101. The van der Waals surface area contributed by atoms with Gasteiger partial charge in [0.05, 0.1) is 24.1 Å². The van der Waals surface area contributed by atoms with Crippen molar-refractivity contribution in [1.29, 1.82) is 0 Å². The third-order valence-electron chi connectivity index (χ3n) is 5.12. The van der Waals surface area contributed by atoms with Crippen molar-refractivity contribution in [3.05, 3.63) is 56.2 Å². The summed E-state index contributed by atoms with van der Waals surface area (Å²) in [7, 11) is 0. The van der Waals surface area contributed by atoms with E-state index in [-0.39, 0.29) is 18.1 Å². The van der Waals surface area contributed by atoms with Crippen LogP contribution in [0.3, 0.4) is 0 Å². The van der Waals surface area contributed by atoms with E-state index in [9.17, 15) is 9.59 Å². The Labute approximate surface area is 167 Å². The molecule has 4 rings (SSSR count). The largest absolute Gasteiger partial charge is 0.462 e. The van der Waals surface area contributed by atoms with Gasteiger partial charge in [0.25, 0.3) is 5.56 Å². The summed E-state index contributed by atoms with van der Waals surface area (Å²) in [6.45, 7) is 4.87. The number of nitrogens with zero attached hydrogens (tertiary/aromatic N) is 3. The molecular weight excluding hydrogens is 374 g/mol. The highest BCUT2D eigenvalue weighted by Crippen LogP contribution is 2.35. The van der Waals surface area contributed by atoms with Crippen LogP contribution in [0.1, 0.15) is 53.1 Å². The van der Waals surface area contributed by atoms with Crippen LogP contribution in [-0.2, 0) is 24.1 Å². The lowest BCUT2D eigenvalue weighted by Gasteiger charge is -2.17. The Morgan fingerprint density at radius 3 is 3.07 bits per heavy atom. The average Bonchev–Trinajstić information content (AvgIpc) is 3.06. The molecule has 1 aliphatic rings. The van der Waals surface area contributed by atoms with Crippen molar-refractivity contribution >= 4 is 27.5 Å². The Hall–Kier alpha value is -2.54. The van der Waals surface area contributed by atoms with E-state index in [2.05, 4.69) is 17.2 Å². The third-order valence-corrected chi connectivity index (χ3v) is 6.26. The quantitative estimate of drug-likeness (QED) is 0.615. The van der Waals surface area contributed by atoms with E-state index in [4.69, 9.17) is 4.74 Å². The number of hydrogen-bond acceptors (Lipinski definition) is 6. The molecule has 28 heavy (non-hydrogen) atoms. The summed E-state index contributed by atoms with van der Waals surface area (Å²) in [6.07, 6.45) is 3.82. The lowest BCUT2D eigenvalue weighted by atomic mass is 9.89. The molecule has 1 aliphatic carbocycles. The van der Waals surface area contributed by atoms with E-state index < -0.39 is 0 Å². The van der Waals surface area contributed by atoms with Gasteiger partial charge in [0.2, 0.25) is 0 Å². The van der Waals surface area contributed by atoms with Crippen molar-refractivity contribution in [2.24, 2.45) is 5.92 Å². The fraction of sp³-hybridized carbons (Fsp3) is 0.429. The van der Waals surface area contributed by atoms with Crippen molar-refractivity contribution in [1.82, 2.24) is 15.0 Å². The predicted octanol–water partition coefficient (Wildman–Crippen LogP) is 3.59. The van der Waals surface area contributed by atoms with Gasteiger partial charge in [-0.25, -0.2) is 9.48 Å². The Morgan fingerprint density at radius 2 is 2.25 bits per heavy atom. The monoisotopic (exact) mass is 397 g/mol. The number of aromatic nitrogens is 3. The second-order valence-electron chi connectivity index (χ2n) is 7.42. The summed E-state index contributed by atoms with van der Waals surface area (Å²) in [5.41, 5.74) is 2.36. The van der Waals surface area contributed by atoms with Crippen molar-refractivity contribution in [2.75, 3.05) is 6.61 Å². The zero-order valence-corrected chi connectivity index (χ0v) is 16.9. The molecule has 1 unspecified atom stereocenters. The Kier molecular flexibility index (Phi) is 5.26. The van der Waals surface area contributed by atoms with E-state index in [1.165, 1.54) is 9.56 Å². The van der Waals surface area contributed by atoms with Crippen LogP contribution < -0.4 is 5.56 Å². The van der Waals surface area contributed by atoms with E-state index >= 15 is 0 Å². The van der Waals surface area contributed by atoms with Gasteiger partial charge in [-0.05, 0) is 54.9 Å². The van der Waals surface area contributed by atoms with Crippen molar-refractivity contribution in [3.8, 4) is 0 Å². The van der Waals surface area contributed by atoms with Crippen molar-refractivity contribution in [2.45, 2.75) is 46.1 Å². The normalized spacial score (nSPS) is 16.1. The lowest BCUT2D eigenvalue weighted by Crippen LogP contribution is -2.25. The molecule has 2 aromatic heterocycles.